The highest BCUT2D eigenvalue weighted by molar-refractivity contribution is 5.43. The molecule has 1 atom stereocenters. The lowest BCUT2D eigenvalue weighted by Crippen LogP contribution is -2.11. The van der Waals surface area contributed by atoms with Crippen molar-refractivity contribution in [2.24, 2.45) is 0 Å². The van der Waals surface area contributed by atoms with E-state index in [0.29, 0.717) is 17.6 Å². The Kier molecular flexibility index (Phi) is 5.31. The molecule has 0 bridgehead atoms. The van der Waals surface area contributed by atoms with Gasteiger partial charge in [-0.15, -0.1) is 0 Å². The van der Waals surface area contributed by atoms with Crippen LogP contribution in [0.2, 0.25) is 0 Å². The average molecular weight is 353 g/mol. The van der Waals surface area contributed by atoms with Crippen LogP contribution >= 0.6 is 0 Å². The minimum absolute atomic E-state index is 0.0640. The minimum Gasteiger partial charge on any atom is -0.496 e. The van der Waals surface area contributed by atoms with E-state index in [9.17, 15) is 4.39 Å². The molecule has 0 fully saturated rings. The van der Waals surface area contributed by atoms with E-state index in [0.717, 1.165) is 16.9 Å². The molecule has 0 amide bonds. The van der Waals surface area contributed by atoms with Crippen LogP contribution in [0.15, 0.2) is 54.7 Å². The monoisotopic (exact) mass is 353 g/mol. The van der Waals surface area contributed by atoms with Crippen LogP contribution in [0.1, 0.15) is 24.1 Å². The van der Waals surface area contributed by atoms with Crippen molar-refractivity contribution in [3.05, 3.63) is 71.7 Å². The SMILES string of the molecule is COc1ccc(C)cc1C(C)Nc1nccc(Oc2ccc(F)cc2)n1. The fourth-order valence-electron chi connectivity index (χ4n) is 2.56. The van der Waals surface area contributed by atoms with E-state index < -0.39 is 0 Å². The van der Waals surface area contributed by atoms with Crippen molar-refractivity contribution in [2.45, 2.75) is 19.9 Å². The van der Waals surface area contributed by atoms with Gasteiger partial charge in [0.15, 0.2) is 0 Å². The summed E-state index contributed by atoms with van der Waals surface area (Å²) < 4.78 is 24.1. The second kappa shape index (κ2) is 7.82. The summed E-state index contributed by atoms with van der Waals surface area (Å²) >= 11 is 0. The maximum Gasteiger partial charge on any atom is 0.226 e. The Balaban J connectivity index is 1.76. The van der Waals surface area contributed by atoms with E-state index in [2.05, 4.69) is 21.4 Å². The van der Waals surface area contributed by atoms with Crippen LogP contribution in [0.5, 0.6) is 17.4 Å². The molecule has 0 aliphatic carbocycles. The lowest BCUT2D eigenvalue weighted by molar-refractivity contribution is 0.407. The number of nitrogens with one attached hydrogen (secondary N) is 1. The Morgan fingerprint density at radius 2 is 1.85 bits per heavy atom. The second-order valence-electron chi connectivity index (χ2n) is 5.89. The fraction of sp³-hybridized carbons (Fsp3) is 0.200. The summed E-state index contributed by atoms with van der Waals surface area (Å²) in [7, 11) is 1.65. The number of aromatic nitrogens is 2. The van der Waals surface area contributed by atoms with Gasteiger partial charge < -0.3 is 14.8 Å². The molecule has 0 saturated carbocycles. The third-order valence-electron chi connectivity index (χ3n) is 3.86. The molecule has 2 aromatic carbocycles. The van der Waals surface area contributed by atoms with Crippen LogP contribution in [-0.2, 0) is 0 Å². The predicted molar refractivity (Wildman–Crippen MR) is 98.3 cm³/mol. The summed E-state index contributed by atoms with van der Waals surface area (Å²) in [5.74, 6) is 1.79. The summed E-state index contributed by atoms with van der Waals surface area (Å²) in [5.41, 5.74) is 2.16. The highest BCUT2D eigenvalue weighted by Gasteiger charge is 2.13. The Hall–Kier alpha value is -3.15. The van der Waals surface area contributed by atoms with Crippen molar-refractivity contribution in [3.63, 3.8) is 0 Å². The van der Waals surface area contributed by atoms with Crippen LogP contribution in [0, 0.1) is 12.7 Å². The summed E-state index contributed by atoms with van der Waals surface area (Å²) in [5, 5.41) is 3.25. The van der Waals surface area contributed by atoms with Gasteiger partial charge in [0.2, 0.25) is 11.8 Å². The first-order valence-corrected chi connectivity index (χ1v) is 8.22. The zero-order chi connectivity index (χ0) is 18.5. The number of ether oxygens (including phenoxy) is 2. The molecule has 0 spiro atoms. The van der Waals surface area contributed by atoms with E-state index >= 15 is 0 Å². The van der Waals surface area contributed by atoms with Crippen molar-refractivity contribution in [3.8, 4) is 17.4 Å². The van der Waals surface area contributed by atoms with Gasteiger partial charge in [-0.3, -0.25) is 0 Å². The van der Waals surface area contributed by atoms with E-state index in [1.54, 1.807) is 31.5 Å². The molecule has 3 aromatic rings. The molecule has 3 rings (SSSR count). The number of methoxy groups -OCH3 is 1. The first-order valence-electron chi connectivity index (χ1n) is 8.22. The van der Waals surface area contributed by atoms with Gasteiger partial charge in [0, 0.05) is 17.8 Å². The smallest absolute Gasteiger partial charge is 0.226 e. The van der Waals surface area contributed by atoms with Crippen LogP contribution < -0.4 is 14.8 Å². The van der Waals surface area contributed by atoms with Crippen molar-refractivity contribution in [1.29, 1.82) is 0 Å². The van der Waals surface area contributed by atoms with Crippen LogP contribution in [0.25, 0.3) is 0 Å². The quantitative estimate of drug-likeness (QED) is 0.683. The maximum atomic E-state index is 13.0. The molecule has 0 radical (unpaired) electrons. The number of benzene rings is 2. The van der Waals surface area contributed by atoms with Gasteiger partial charge >= 0.3 is 0 Å². The van der Waals surface area contributed by atoms with E-state index in [1.165, 1.54) is 12.1 Å². The number of halogens is 1. The topological polar surface area (TPSA) is 56.3 Å². The highest BCUT2D eigenvalue weighted by atomic mass is 19.1. The van der Waals surface area contributed by atoms with Gasteiger partial charge in [-0.2, -0.15) is 4.98 Å². The third kappa shape index (κ3) is 4.27. The average Bonchev–Trinajstić information content (AvgIpc) is 2.64. The molecular formula is C20H20FN3O2. The highest BCUT2D eigenvalue weighted by Crippen LogP contribution is 2.28. The van der Waals surface area contributed by atoms with Crippen molar-refractivity contribution in [2.75, 3.05) is 12.4 Å². The molecular weight excluding hydrogens is 333 g/mol. The Labute approximate surface area is 151 Å². The lowest BCUT2D eigenvalue weighted by Gasteiger charge is -2.18. The Morgan fingerprint density at radius 3 is 2.58 bits per heavy atom. The molecule has 1 heterocycles. The summed E-state index contributed by atoms with van der Waals surface area (Å²) in [6.07, 6.45) is 1.61. The third-order valence-corrected chi connectivity index (χ3v) is 3.86. The number of rotatable bonds is 6. The molecule has 5 nitrogen and oxygen atoms in total. The number of nitrogens with zero attached hydrogens (tertiary/aromatic N) is 2. The second-order valence-corrected chi connectivity index (χ2v) is 5.89. The van der Waals surface area contributed by atoms with Crippen molar-refractivity contribution >= 4 is 5.95 Å². The van der Waals surface area contributed by atoms with E-state index in [-0.39, 0.29) is 11.9 Å². The molecule has 134 valence electrons. The standard InChI is InChI=1S/C20H20FN3O2/c1-13-4-9-18(25-3)17(12-13)14(2)23-20-22-11-10-19(24-20)26-16-7-5-15(21)6-8-16/h4-12,14H,1-3H3,(H,22,23,24). The fourth-order valence-corrected chi connectivity index (χ4v) is 2.56. The normalized spacial score (nSPS) is 11.7. The minimum atomic E-state index is -0.316. The van der Waals surface area contributed by atoms with Crippen LogP contribution in [-0.4, -0.2) is 17.1 Å². The maximum absolute atomic E-state index is 13.0. The predicted octanol–water partition coefficient (Wildman–Crippen LogP) is 4.90. The van der Waals surface area contributed by atoms with E-state index in [1.807, 2.05) is 26.0 Å². The molecule has 1 unspecified atom stereocenters. The van der Waals surface area contributed by atoms with Crippen LogP contribution in [0.4, 0.5) is 10.3 Å². The van der Waals surface area contributed by atoms with E-state index in [4.69, 9.17) is 9.47 Å². The van der Waals surface area contributed by atoms with Gasteiger partial charge in [-0.25, -0.2) is 9.37 Å². The molecule has 26 heavy (non-hydrogen) atoms. The van der Waals surface area contributed by atoms with Gasteiger partial charge in [-0.1, -0.05) is 17.7 Å². The number of hydrogen-bond donors (Lipinski definition) is 1. The lowest BCUT2D eigenvalue weighted by atomic mass is 10.0. The van der Waals surface area contributed by atoms with Gasteiger partial charge in [0.1, 0.15) is 17.3 Å². The van der Waals surface area contributed by atoms with Gasteiger partial charge in [0.25, 0.3) is 0 Å². The number of aryl methyl sites for hydroxylation is 1. The molecule has 1 N–H and O–H groups in total. The molecule has 0 aliphatic rings. The Bertz CT molecular complexity index is 884. The van der Waals surface area contributed by atoms with Crippen molar-refractivity contribution in [1.82, 2.24) is 9.97 Å². The largest absolute Gasteiger partial charge is 0.496 e. The number of hydrogen-bond acceptors (Lipinski definition) is 5. The molecule has 0 aliphatic heterocycles. The molecule has 0 saturated heterocycles. The van der Waals surface area contributed by atoms with Gasteiger partial charge in [0.05, 0.1) is 13.2 Å². The van der Waals surface area contributed by atoms with Crippen LogP contribution in [0.3, 0.4) is 0 Å². The van der Waals surface area contributed by atoms with Crippen molar-refractivity contribution < 1.29 is 13.9 Å². The first kappa shape index (κ1) is 17.7. The molecule has 6 heteroatoms. The summed E-state index contributed by atoms with van der Waals surface area (Å²) in [6, 6.07) is 13.4. The Morgan fingerprint density at radius 1 is 1.08 bits per heavy atom. The summed E-state index contributed by atoms with van der Waals surface area (Å²) in [4.78, 5) is 8.59. The molecule has 1 aromatic heterocycles. The number of anilines is 1. The zero-order valence-electron chi connectivity index (χ0n) is 14.9. The zero-order valence-corrected chi connectivity index (χ0v) is 14.9. The summed E-state index contributed by atoms with van der Waals surface area (Å²) in [6.45, 7) is 4.04. The first-order chi connectivity index (χ1) is 12.5. The van der Waals surface area contributed by atoms with Gasteiger partial charge in [-0.05, 0) is 44.2 Å².